The summed E-state index contributed by atoms with van der Waals surface area (Å²) in [6, 6.07) is 0. The lowest BCUT2D eigenvalue weighted by molar-refractivity contribution is -0.0963. The normalized spacial score (nSPS) is 17.1. The highest BCUT2D eigenvalue weighted by Crippen LogP contribution is 2.21. The zero-order chi connectivity index (χ0) is 87.4. The molecule has 0 bridgehead atoms. The molecule has 0 aromatic heterocycles. The highest BCUT2D eigenvalue weighted by molar-refractivity contribution is 8.19. The lowest BCUT2D eigenvalue weighted by atomic mass is 10.1. The standard InChI is InChI=1S/C6H13N.C6H12S.C5H12N2.C5H10O.2C4H9NO.2C4H9NS.C4H8O2.C4H8OS.C3H6S2.19C2H6/c2*1-7-5-3-2-4-6-7;1-6-3-4-7(2)5-6;1-2-4-6-5-3-1;4*1-5-2-3-6-4-5;2*1-2-5-4-6-3-1;1-2-5-3-4-1;19*1-2/h2-6H2,1H3;1-6H2;3-5H2,1-2H3;1-5H2;4*2-4H2,1H3;2*1-4H2;1-3H2;19*1-2H3. The molecule has 0 unspecified atom stereocenters. The highest BCUT2D eigenvalue weighted by atomic mass is 32.2. The van der Waals surface area contributed by atoms with Crippen molar-refractivity contribution in [1.82, 2.24) is 34.3 Å². The van der Waals surface area contributed by atoms with Gasteiger partial charge in [-0.1, -0.05) is 282 Å². The van der Waals surface area contributed by atoms with E-state index in [1.54, 1.807) is 0 Å². The number of nitrogens with zero attached hydrogens (tertiary/aromatic N) is 7. The molecule has 11 aliphatic rings. The molecule has 0 aromatic rings. The van der Waals surface area contributed by atoms with Gasteiger partial charge in [-0.15, -0.1) is 35.3 Å². The third-order valence-corrected chi connectivity index (χ3v) is 18.5. The molecule has 11 aliphatic heterocycles. The van der Waals surface area contributed by atoms with Gasteiger partial charge in [-0.25, -0.2) is 0 Å². The van der Waals surface area contributed by atoms with Crippen molar-refractivity contribution in [3.63, 3.8) is 0 Å². The second kappa shape index (κ2) is 197. The predicted octanol–water partition coefficient (Wildman–Crippen LogP) is 27.4. The summed E-state index contributed by atoms with van der Waals surface area (Å²) in [5, 5.41) is 1.33. The predicted molar refractivity (Wildman–Crippen MR) is 526 cm³/mol. The van der Waals surface area contributed by atoms with Crippen LogP contribution in [0.5, 0.6) is 0 Å². The molecule has 0 aromatic carbocycles. The topological polar surface area (TPSA) is 78.1 Å². The molecule has 0 saturated carbocycles. The summed E-state index contributed by atoms with van der Waals surface area (Å²) >= 11 is 9.96. The van der Waals surface area contributed by atoms with Gasteiger partial charge >= 0.3 is 0 Å². The van der Waals surface area contributed by atoms with Crippen LogP contribution in [0, 0.1) is 0 Å². The minimum Gasteiger partial charge on any atom is -0.381 e. The van der Waals surface area contributed by atoms with Crippen LogP contribution in [-0.2, 0) is 28.4 Å². The second-order valence-corrected chi connectivity index (χ2v) is 26.2. The molecule has 11 fully saturated rings. The number of piperidine rings is 1. The summed E-state index contributed by atoms with van der Waals surface area (Å²) < 4.78 is 29.8. The number of hydrogen-bond acceptors (Lipinski definition) is 18. The molecule has 13 nitrogen and oxygen atoms in total. The fourth-order valence-corrected chi connectivity index (χ4v) is 13.2. The molecular weight excluding hydrogens is 1430 g/mol. The van der Waals surface area contributed by atoms with E-state index in [-0.39, 0.29) is 0 Å². The quantitative estimate of drug-likeness (QED) is 0.216. The van der Waals surface area contributed by atoms with Gasteiger partial charge in [-0.05, 0) is 137 Å². The molecule has 0 aliphatic carbocycles. The van der Waals surface area contributed by atoms with Crippen LogP contribution in [0.25, 0.3) is 0 Å². The summed E-state index contributed by atoms with van der Waals surface area (Å²) in [5.41, 5.74) is 0. The van der Waals surface area contributed by atoms with Gasteiger partial charge in [0.05, 0.1) is 52.5 Å². The number of likely N-dealkylation sites (tertiary alicyclic amines) is 1. The van der Waals surface area contributed by atoms with Crippen molar-refractivity contribution in [3.8, 4) is 0 Å². The van der Waals surface area contributed by atoms with Gasteiger partial charge < -0.3 is 33.3 Å². The van der Waals surface area contributed by atoms with Crippen molar-refractivity contribution < 1.29 is 28.4 Å². The molecule has 0 N–H and O–H groups in total. The van der Waals surface area contributed by atoms with E-state index >= 15 is 0 Å². The molecular formula is C87H219N7O6S6. The van der Waals surface area contributed by atoms with Crippen LogP contribution in [0.1, 0.15) is 334 Å². The second-order valence-electron chi connectivity index (χ2n) is 18.4. The number of likely N-dealkylation sites (N-methyl/N-ethyl adjacent to an activating group) is 4. The maximum atomic E-state index is 5.07. The zero-order valence-corrected chi connectivity index (χ0v) is 87.6. The Labute approximate surface area is 704 Å². The van der Waals surface area contributed by atoms with E-state index in [9.17, 15) is 0 Å². The van der Waals surface area contributed by atoms with Crippen LogP contribution in [0.2, 0.25) is 0 Å². The van der Waals surface area contributed by atoms with Crippen molar-refractivity contribution >= 4 is 75.2 Å². The maximum Gasteiger partial charge on any atom is 0.146 e. The highest BCUT2D eigenvalue weighted by Gasteiger charge is 2.10. The Morgan fingerprint density at radius 2 is 0.557 bits per heavy atom. The largest absolute Gasteiger partial charge is 0.381 e. The molecule has 19 heteroatoms. The number of rotatable bonds is 0. The van der Waals surface area contributed by atoms with Crippen molar-refractivity contribution in [2.75, 3.05) is 238 Å². The fourth-order valence-electron chi connectivity index (χ4n) is 6.72. The molecule has 11 heterocycles. The van der Waals surface area contributed by atoms with Gasteiger partial charge in [0.25, 0.3) is 0 Å². The van der Waals surface area contributed by atoms with E-state index < -0.39 is 0 Å². The van der Waals surface area contributed by atoms with Gasteiger partial charge in [0.15, 0.2) is 0 Å². The molecule has 11 rings (SSSR count). The van der Waals surface area contributed by atoms with Crippen LogP contribution in [-0.4, -0.2) is 278 Å². The van der Waals surface area contributed by atoms with E-state index in [1.165, 1.54) is 161 Å². The Morgan fingerprint density at radius 1 is 0.236 bits per heavy atom. The molecule has 0 spiro atoms. The zero-order valence-electron chi connectivity index (χ0n) is 82.7. The minimum atomic E-state index is 0.500. The average molecular weight is 1650 g/mol. The van der Waals surface area contributed by atoms with E-state index in [2.05, 4.69) is 75.4 Å². The van der Waals surface area contributed by atoms with E-state index in [4.69, 9.17) is 28.4 Å². The van der Waals surface area contributed by atoms with E-state index in [1.807, 2.05) is 336 Å². The summed E-state index contributed by atoms with van der Waals surface area (Å²) in [6.45, 7) is 95.7. The van der Waals surface area contributed by atoms with Crippen LogP contribution in [0.15, 0.2) is 0 Å². The third kappa shape index (κ3) is 192. The fraction of sp³-hybridized carbons (Fsp3) is 0.989. The first kappa shape index (κ1) is 156. The van der Waals surface area contributed by atoms with Crippen molar-refractivity contribution in [3.05, 3.63) is 0 Å². The van der Waals surface area contributed by atoms with Crippen LogP contribution in [0.3, 0.4) is 0 Å². The Hall–Kier alpha value is 1.45. The van der Waals surface area contributed by atoms with E-state index in [0.29, 0.717) is 17.3 Å². The first-order chi connectivity index (χ1) is 52.2. The van der Waals surface area contributed by atoms with Gasteiger partial charge in [0, 0.05) is 98.9 Å². The average Bonchev–Trinajstić information content (AvgIpc) is 1.88. The van der Waals surface area contributed by atoms with Crippen molar-refractivity contribution in [1.29, 1.82) is 0 Å². The molecule has 0 atom stereocenters. The monoisotopic (exact) mass is 1650 g/mol. The Kier molecular flexibility index (Phi) is 290. The maximum absolute atomic E-state index is 5.07. The number of thioether (sulfide) groups is 5. The Morgan fingerprint density at radius 3 is 0.660 bits per heavy atom. The summed E-state index contributed by atoms with van der Waals surface area (Å²) in [7, 11) is 15.4. The van der Waals surface area contributed by atoms with Gasteiger partial charge in [-0.3, -0.25) is 29.4 Å². The number of ether oxygens (including phenoxy) is 6. The van der Waals surface area contributed by atoms with Crippen LogP contribution in [0.4, 0.5) is 0 Å². The van der Waals surface area contributed by atoms with Crippen molar-refractivity contribution in [2.24, 2.45) is 0 Å². The summed E-state index contributed by atoms with van der Waals surface area (Å²) in [4.78, 5) is 15.9. The van der Waals surface area contributed by atoms with Gasteiger partial charge in [0.2, 0.25) is 0 Å². The Balaban J connectivity index is -0.0000000442. The first-order valence-corrected chi connectivity index (χ1v) is 52.3. The number of hydrogen-bond donors (Lipinski definition) is 0. The minimum absolute atomic E-state index is 0.500. The van der Waals surface area contributed by atoms with E-state index in [0.717, 1.165) is 91.8 Å². The third-order valence-electron chi connectivity index (χ3n) is 11.1. The summed E-state index contributed by atoms with van der Waals surface area (Å²) in [5.74, 6) is 16.9. The van der Waals surface area contributed by atoms with Crippen molar-refractivity contribution in [2.45, 2.75) is 334 Å². The molecule has 0 radical (unpaired) electrons. The summed E-state index contributed by atoms with van der Waals surface area (Å²) in [6.07, 6.45) is 14.8. The smallest absolute Gasteiger partial charge is 0.146 e. The lowest BCUT2D eigenvalue weighted by Crippen LogP contribution is -2.24. The first-order valence-electron chi connectivity index (χ1n) is 44.8. The lowest BCUT2D eigenvalue weighted by Gasteiger charge is -2.20. The molecule has 11 saturated heterocycles. The van der Waals surface area contributed by atoms with Gasteiger partial charge in [0.1, 0.15) is 6.79 Å². The molecule has 674 valence electrons. The van der Waals surface area contributed by atoms with Gasteiger partial charge in [-0.2, -0.15) is 34.0 Å². The molecule has 106 heavy (non-hydrogen) atoms. The SMILES string of the molecule is C1CCOCC1.C1COCOC1.C1COCSC1.C1CSCS1.C=S1CCCCC1.CC.CC.CC.CC.CC.CC.CC.CC.CC.CC.CC.CC.CC.CC.CC.CC.CC.CC.CC.CN1CCCCC1.CN1CCN(C)C1.CN1CCOC1.CN1CCOC1.CN1CCSC1.CN1CCSC1. The van der Waals surface area contributed by atoms with Crippen LogP contribution >= 0.6 is 69.3 Å². The van der Waals surface area contributed by atoms with Crippen LogP contribution < -0.4 is 0 Å². The Bertz CT molecular complexity index is 901. The molecule has 0 amide bonds.